The molecule has 106 valence electrons. The van der Waals surface area contributed by atoms with E-state index in [-0.39, 0.29) is 5.41 Å². The summed E-state index contributed by atoms with van der Waals surface area (Å²) in [5.41, 5.74) is 1.69. The molecule has 0 aliphatic rings. The Balaban J connectivity index is 2.13. The van der Waals surface area contributed by atoms with Crippen molar-refractivity contribution in [3.05, 3.63) is 40.3 Å². The summed E-state index contributed by atoms with van der Waals surface area (Å²) in [5, 5.41) is 3.25. The molecule has 0 radical (unpaired) electrons. The van der Waals surface area contributed by atoms with Gasteiger partial charge in [-0.15, -0.1) is 0 Å². The highest BCUT2D eigenvalue weighted by molar-refractivity contribution is 9.10. The molecule has 2 aromatic rings. The summed E-state index contributed by atoms with van der Waals surface area (Å²) in [6.07, 6.45) is 3.52. The monoisotopic (exact) mass is 335 g/mol. The lowest BCUT2D eigenvalue weighted by Crippen LogP contribution is -2.17. The van der Waals surface area contributed by atoms with Crippen LogP contribution in [0.3, 0.4) is 0 Å². The predicted molar refractivity (Wildman–Crippen MR) is 82.5 cm³/mol. The first-order valence-corrected chi connectivity index (χ1v) is 7.20. The van der Waals surface area contributed by atoms with Crippen molar-refractivity contribution in [3.8, 4) is 0 Å². The Morgan fingerprint density at radius 3 is 2.50 bits per heavy atom. The molecule has 0 amide bonds. The Morgan fingerprint density at radius 1 is 1.15 bits per heavy atom. The van der Waals surface area contributed by atoms with Gasteiger partial charge in [-0.3, -0.25) is 9.97 Å². The van der Waals surface area contributed by atoms with Gasteiger partial charge in [0, 0.05) is 17.7 Å². The molecule has 5 nitrogen and oxygen atoms in total. The van der Waals surface area contributed by atoms with E-state index in [0.717, 1.165) is 27.6 Å². The van der Waals surface area contributed by atoms with Gasteiger partial charge in [0.2, 0.25) is 0 Å². The molecule has 2 rings (SSSR count). The first-order chi connectivity index (χ1) is 9.34. The average molecular weight is 336 g/mol. The quantitative estimate of drug-likeness (QED) is 0.872. The van der Waals surface area contributed by atoms with E-state index < -0.39 is 0 Å². The molecule has 0 saturated carbocycles. The SMILES string of the molecule is Cc1cnc(CNc2cc(Br)nc(C(C)(C)C)n2)cn1. The Morgan fingerprint density at radius 2 is 1.90 bits per heavy atom. The fraction of sp³-hybridized carbons (Fsp3) is 0.429. The van der Waals surface area contributed by atoms with Crippen molar-refractivity contribution in [1.82, 2.24) is 19.9 Å². The Kier molecular flexibility index (Phi) is 4.32. The van der Waals surface area contributed by atoms with Crippen LogP contribution in [0.5, 0.6) is 0 Å². The summed E-state index contributed by atoms with van der Waals surface area (Å²) < 4.78 is 0.773. The van der Waals surface area contributed by atoms with Crippen LogP contribution in [0.4, 0.5) is 5.82 Å². The van der Waals surface area contributed by atoms with Crippen molar-refractivity contribution in [2.45, 2.75) is 39.7 Å². The molecular formula is C14H18BrN5. The van der Waals surface area contributed by atoms with Gasteiger partial charge in [0.25, 0.3) is 0 Å². The standard InChI is InChI=1S/C14H18BrN5/c1-9-6-17-10(7-16-9)8-18-12-5-11(15)19-13(20-12)14(2,3)4/h5-7H,8H2,1-4H3,(H,18,19,20). The Hall–Kier alpha value is -1.56. The smallest absolute Gasteiger partial charge is 0.137 e. The maximum Gasteiger partial charge on any atom is 0.137 e. The number of hydrogen-bond donors (Lipinski definition) is 1. The number of anilines is 1. The fourth-order valence-corrected chi connectivity index (χ4v) is 1.92. The molecule has 0 aliphatic carbocycles. The van der Waals surface area contributed by atoms with E-state index in [1.807, 2.05) is 13.0 Å². The van der Waals surface area contributed by atoms with Crippen LogP contribution < -0.4 is 5.32 Å². The summed E-state index contributed by atoms with van der Waals surface area (Å²) in [6, 6.07) is 1.86. The molecule has 2 aromatic heterocycles. The molecule has 20 heavy (non-hydrogen) atoms. The van der Waals surface area contributed by atoms with Gasteiger partial charge in [-0.25, -0.2) is 9.97 Å². The van der Waals surface area contributed by atoms with Crippen LogP contribution in [-0.4, -0.2) is 19.9 Å². The minimum Gasteiger partial charge on any atom is -0.364 e. The van der Waals surface area contributed by atoms with Crippen LogP contribution >= 0.6 is 15.9 Å². The number of aromatic nitrogens is 4. The van der Waals surface area contributed by atoms with Crippen molar-refractivity contribution in [1.29, 1.82) is 0 Å². The minimum atomic E-state index is -0.0934. The Labute approximate surface area is 127 Å². The van der Waals surface area contributed by atoms with Crippen LogP contribution in [0.15, 0.2) is 23.1 Å². The molecular weight excluding hydrogens is 318 g/mol. The van der Waals surface area contributed by atoms with Crippen LogP contribution in [0, 0.1) is 6.92 Å². The lowest BCUT2D eigenvalue weighted by Gasteiger charge is -2.17. The summed E-state index contributed by atoms with van der Waals surface area (Å²) in [6.45, 7) is 8.76. The van der Waals surface area contributed by atoms with E-state index in [2.05, 4.69) is 62.0 Å². The topological polar surface area (TPSA) is 63.6 Å². The largest absolute Gasteiger partial charge is 0.364 e. The third kappa shape index (κ3) is 3.96. The average Bonchev–Trinajstić information content (AvgIpc) is 2.36. The van der Waals surface area contributed by atoms with Crippen molar-refractivity contribution >= 4 is 21.7 Å². The first-order valence-electron chi connectivity index (χ1n) is 6.41. The molecule has 0 unspecified atom stereocenters. The molecule has 0 aliphatic heterocycles. The molecule has 1 N–H and O–H groups in total. The highest BCUT2D eigenvalue weighted by atomic mass is 79.9. The second kappa shape index (κ2) is 5.83. The van der Waals surface area contributed by atoms with Crippen LogP contribution in [-0.2, 0) is 12.0 Å². The zero-order valence-electron chi connectivity index (χ0n) is 12.1. The van der Waals surface area contributed by atoms with Gasteiger partial charge < -0.3 is 5.32 Å². The zero-order valence-corrected chi connectivity index (χ0v) is 13.7. The van der Waals surface area contributed by atoms with E-state index in [1.165, 1.54) is 0 Å². The van der Waals surface area contributed by atoms with Crippen molar-refractivity contribution in [2.75, 3.05) is 5.32 Å². The van der Waals surface area contributed by atoms with E-state index >= 15 is 0 Å². The lowest BCUT2D eigenvalue weighted by molar-refractivity contribution is 0.544. The Bertz CT molecular complexity index is 590. The number of rotatable bonds is 3. The lowest BCUT2D eigenvalue weighted by atomic mass is 9.96. The summed E-state index contributed by atoms with van der Waals surface area (Å²) in [7, 11) is 0. The van der Waals surface area contributed by atoms with Gasteiger partial charge in [0.05, 0.1) is 24.1 Å². The number of hydrogen-bond acceptors (Lipinski definition) is 5. The second-order valence-electron chi connectivity index (χ2n) is 5.65. The van der Waals surface area contributed by atoms with Crippen LogP contribution in [0.2, 0.25) is 0 Å². The van der Waals surface area contributed by atoms with Crippen LogP contribution in [0.1, 0.15) is 38.0 Å². The van der Waals surface area contributed by atoms with Gasteiger partial charge in [-0.1, -0.05) is 20.8 Å². The third-order valence-corrected chi connectivity index (χ3v) is 3.06. The maximum atomic E-state index is 4.54. The molecule has 0 fully saturated rings. The molecule has 0 aromatic carbocycles. The summed E-state index contributed by atoms with van der Waals surface area (Å²) in [5.74, 6) is 1.57. The first kappa shape index (κ1) is 14.8. The van der Waals surface area contributed by atoms with Gasteiger partial charge in [-0.2, -0.15) is 0 Å². The molecule has 0 atom stereocenters. The normalized spacial score (nSPS) is 11.4. The summed E-state index contributed by atoms with van der Waals surface area (Å²) >= 11 is 3.42. The van der Waals surface area contributed by atoms with E-state index in [1.54, 1.807) is 12.4 Å². The molecule has 0 saturated heterocycles. The van der Waals surface area contributed by atoms with Crippen molar-refractivity contribution < 1.29 is 0 Å². The van der Waals surface area contributed by atoms with Gasteiger partial charge >= 0.3 is 0 Å². The predicted octanol–water partition coefficient (Wildman–Crippen LogP) is 3.25. The van der Waals surface area contributed by atoms with Crippen LogP contribution in [0.25, 0.3) is 0 Å². The highest BCUT2D eigenvalue weighted by Crippen LogP contribution is 2.22. The van der Waals surface area contributed by atoms with Crippen molar-refractivity contribution in [3.63, 3.8) is 0 Å². The molecule has 6 heteroatoms. The highest BCUT2D eigenvalue weighted by Gasteiger charge is 2.18. The van der Waals surface area contributed by atoms with E-state index in [4.69, 9.17) is 0 Å². The second-order valence-corrected chi connectivity index (χ2v) is 6.46. The minimum absolute atomic E-state index is 0.0934. The number of nitrogens with zero attached hydrogens (tertiary/aromatic N) is 4. The maximum absolute atomic E-state index is 4.54. The third-order valence-electron chi connectivity index (χ3n) is 2.65. The van der Waals surface area contributed by atoms with Crippen molar-refractivity contribution in [2.24, 2.45) is 0 Å². The number of aryl methyl sites for hydroxylation is 1. The number of nitrogens with one attached hydrogen (secondary N) is 1. The molecule has 0 spiro atoms. The van der Waals surface area contributed by atoms with Gasteiger partial charge in [-0.05, 0) is 22.9 Å². The number of halogens is 1. The molecule has 0 bridgehead atoms. The van der Waals surface area contributed by atoms with E-state index in [9.17, 15) is 0 Å². The van der Waals surface area contributed by atoms with Gasteiger partial charge in [0.1, 0.15) is 16.2 Å². The zero-order chi connectivity index (χ0) is 14.8. The summed E-state index contributed by atoms with van der Waals surface area (Å²) in [4.78, 5) is 17.5. The van der Waals surface area contributed by atoms with Gasteiger partial charge in [0.15, 0.2) is 0 Å². The fourth-order valence-electron chi connectivity index (χ4n) is 1.54. The molecule has 2 heterocycles. The van der Waals surface area contributed by atoms with E-state index in [0.29, 0.717) is 6.54 Å².